The van der Waals surface area contributed by atoms with Gasteiger partial charge in [0.2, 0.25) is 5.91 Å². The summed E-state index contributed by atoms with van der Waals surface area (Å²) in [7, 11) is 3.29. The van der Waals surface area contributed by atoms with Crippen molar-refractivity contribution in [3.8, 4) is 5.75 Å². The lowest BCUT2D eigenvalue weighted by atomic mass is 9.99. The summed E-state index contributed by atoms with van der Waals surface area (Å²) >= 11 is 0. The quantitative estimate of drug-likeness (QED) is 0.818. The molecule has 0 saturated carbocycles. The molecule has 5 nitrogen and oxygen atoms in total. The van der Waals surface area contributed by atoms with Gasteiger partial charge in [-0.3, -0.25) is 4.79 Å². The SMILES string of the molecule is COc1ccc(C(OC)C(C)NC(=O)C2CNC2)cc1. The van der Waals surface area contributed by atoms with Crippen LogP contribution in [0.3, 0.4) is 0 Å². The molecule has 1 amide bonds. The van der Waals surface area contributed by atoms with E-state index in [0.717, 1.165) is 24.4 Å². The van der Waals surface area contributed by atoms with E-state index in [1.807, 2.05) is 31.2 Å². The predicted octanol–water partition coefficient (Wildman–Crippen LogP) is 1.11. The maximum atomic E-state index is 12.0. The summed E-state index contributed by atoms with van der Waals surface area (Å²) in [6, 6.07) is 7.63. The molecule has 1 heterocycles. The van der Waals surface area contributed by atoms with Crippen LogP contribution in [0.25, 0.3) is 0 Å². The van der Waals surface area contributed by atoms with Gasteiger partial charge >= 0.3 is 0 Å². The van der Waals surface area contributed by atoms with Crippen molar-refractivity contribution in [3.63, 3.8) is 0 Å². The lowest BCUT2D eigenvalue weighted by Gasteiger charge is -2.30. The van der Waals surface area contributed by atoms with Gasteiger partial charge in [-0.2, -0.15) is 0 Å². The van der Waals surface area contributed by atoms with Crippen LogP contribution in [0.1, 0.15) is 18.6 Å². The molecule has 0 spiro atoms. The molecule has 2 rings (SSSR count). The number of carbonyl (C=O) groups is 1. The van der Waals surface area contributed by atoms with Gasteiger partial charge in [0.1, 0.15) is 11.9 Å². The van der Waals surface area contributed by atoms with E-state index in [4.69, 9.17) is 9.47 Å². The number of rotatable bonds is 6. The Hall–Kier alpha value is -1.59. The number of methoxy groups -OCH3 is 2. The Bertz CT molecular complexity index is 443. The van der Waals surface area contributed by atoms with Crippen molar-refractivity contribution >= 4 is 5.91 Å². The normalized spacial score (nSPS) is 17.9. The smallest absolute Gasteiger partial charge is 0.225 e. The Morgan fingerprint density at radius 3 is 2.40 bits per heavy atom. The van der Waals surface area contributed by atoms with Crippen molar-refractivity contribution in [2.75, 3.05) is 27.3 Å². The number of amides is 1. The number of ether oxygens (including phenoxy) is 2. The van der Waals surface area contributed by atoms with E-state index in [9.17, 15) is 4.79 Å². The monoisotopic (exact) mass is 278 g/mol. The summed E-state index contributed by atoms with van der Waals surface area (Å²) in [6.45, 7) is 3.49. The Balaban J connectivity index is 1.99. The first-order valence-electron chi connectivity index (χ1n) is 6.83. The zero-order valence-corrected chi connectivity index (χ0v) is 12.2. The third kappa shape index (κ3) is 3.29. The molecule has 2 atom stereocenters. The number of hydrogen-bond donors (Lipinski definition) is 2. The highest BCUT2D eigenvalue weighted by Crippen LogP contribution is 2.23. The van der Waals surface area contributed by atoms with Crippen LogP contribution < -0.4 is 15.4 Å². The van der Waals surface area contributed by atoms with Gasteiger partial charge in [-0.15, -0.1) is 0 Å². The lowest BCUT2D eigenvalue weighted by molar-refractivity contribution is -0.128. The van der Waals surface area contributed by atoms with Crippen molar-refractivity contribution in [1.29, 1.82) is 0 Å². The van der Waals surface area contributed by atoms with E-state index in [1.54, 1.807) is 14.2 Å². The molecule has 0 radical (unpaired) electrons. The zero-order chi connectivity index (χ0) is 14.5. The minimum absolute atomic E-state index is 0.0819. The third-order valence-corrected chi connectivity index (χ3v) is 3.67. The molecule has 1 aliphatic heterocycles. The molecule has 20 heavy (non-hydrogen) atoms. The van der Waals surface area contributed by atoms with Gasteiger partial charge in [0, 0.05) is 20.2 Å². The second-order valence-electron chi connectivity index (χ2n) is 5.08. The predicted molar refractivity (Wildman–Crippen MR) is 76.7 cm³/mol. The molecule has 5 heteroatoms. The number of nitrogens with one attached hydrogen (secondary N) is 2. The average Bonchev–Trinajstić information content (AvgIpc) is 2.38. The number of benzene rings is 1. The maximum Gasteiger partial charge on any atom is 0.225 e. The molecular weight excluding hydrogens is 256 g/mol. The van der Waals surface area contributed by atoms with Gasteiger partial charge in [-0.1, -0.05) is 12.1 Å². The number of hydrogen-bond acceptors (Lipinski definition) is 4. The topological polar surface area (TPSA) is 59.6 Å². The number of carbonyl (C=O) groups excluding carboxylic acids is 1. The van der Waals surface area contributed by atoms with Crippen LogP contribution >= 0.6 is 0 Å². The summed E-state index contributed by atoms with van der Waals surface area (Å²) in [5.41, 5.74) is 1.02. The highest BCUT2D eigenvalue weighted by molar-refractivity contribution is 5.80. The van der Waals surface area contributed by atoms with Crippen LogP contribution in [0.5, 0.6) is 5.75 Å². The standard InChI is InChI=1S/C15H22N2O3/c1-10(17-15(18)12-8-16-9-12)14(20-3)11-4-6-13(19-2)7-5-11/h4-7,10,12,14,16H,8-9H2,1-3H3,(H,17,18). The first-order chi connectivity index (χ1) is 9.65. The average molecular weight is 278 g/mol. The second-order valence-corrected chi connectivity index (χ2v) is 5.08. The van der Waals surface area contributed by atoms with Crippen LogP contribution in [-0.4, -0.2) is 39.3 Å². The first-order valence-corrected chi connectivity index (χ1v) is 6.83. The Morgan fingerprint density at radius 2 is 1.95 bits per heavy atom. The minimum atomic E-state index is -0.169. The van der Waals surface area contributed by atoms with E-state index in [2.05, 4.69) is 10.6 Å². The summed E-state index contributed by atoms with van der Waals surface area (Å²) in [5.74, 6) is 0.985. The highest BCUT2D eigenvalue weighted by Gasteiger charge is 2.28. The van der Waals surface area contributed by atoms with Gasteiger partial charge in [0.15, 0.2) is 0 Å². The summed E-state index contributed by atoms with van der Waals surface area (Å²) in [4.78, 5) is 12.0. The Morgan fingerprint density at radius 1 is 1.30 bits per heavy atom. The fourth-order valence-corrected chi connectivity index (χ4v) is 2.31. The van der Waals surface area contributed by atoms with Crippen molar-refractivity contribution in [3.05, 3.63) is 29.8 Å². The Kier molecular flexibility index (Phi) is 4.98. The fraction of sp³-hybridized carbons (Fsp3) is 0.533. The van der Waals surface area contributed by atoms with E-state index in [1.165, 1.54) is 0 Å². The van der Waals surface area contributed by atoms with Crippen LogP contribution in [0.15, 0.2) is 24.3 Å². The minimum Gasteiger partial charge on any atom is -0.497 e. The molecule has 1 saturated heterocycles. The molecule has 1 fully saturated rings. The lowest BCUT2D eigenvalue weighted by Crippen LogP contribution is -2.53. The van der Waals surface area contributed by atoms with E-state index < -0.39 is 0 Å². The molecular formula is C15H22N2O3. The van der Waals surface area contributed by atoms with Gasteiger partial charge < -0.3 is 20.1 Å². The van der Waals surface area contributed by atoms with Crippen LogP contribution in [0.4, 0.5) is 0 Å². The first kappa shape index (κ1) is 14.8. The van der Waals surface area contributed by atoms with Gasteiger partial charge in [-0.05, 0) is 24.6 Å². The molecule has 110 valence electrons. The van der Waals surface area contributed by atoms with Crippen molar-refractivity contribution in [2.24, 2.45) is 5.92 Å². The van der Waals surface area contributed by atoms with Crippen molar-refractivity contribution in [2.45, 2.75) is 19.1 Å². The van der Waals surface area contributed by atoms with Gasteiger partial charge in [0.25, 0.3) is 0 Å². The van der Waals surface area contributed by atoms with Crippen molar-refractivity contribution in [1.82, 2.24) is 10.6 Å². The molecule has 1 aliphatic rings. The summed E-state index contributed by atoms with van der Waals surface area (Å²) in [5, 5.41) is 6.12. The highest BCUT2D eigenvalue weighted by atomic mass is 16.5. The van der Waals surface area contributed by atoms with E-state index in [-0.39, 0.29) is 24.0 Å². The molecule has 0 aliphatic carbocycles. The molecule has 2 N–H and O–H groups in total. The largest absolute Gasteiger partial charge is 0.497 e. The van der Waals surface area contributed by atoms with Crippen molar-refractivity contribution < 1.29 is 14.3 Å². The molecule has 1 aromatic carbocycles. The molecule has 0 aromatic heterocycles. The van der Waals surface area contributed by atoms with Gasteiger partial charge in [-0.25, -0.2) is 0 Å². The third-order valence-electron chi connectivity index (χ3n) is 3.67. The van der Waals surface area contributed by atoms with Crippen LogP contribution in [-0.2, 0) is 9.53 Å². The van der Waals surface area contributed by atoms with Gasteiger partial charge in [0.05, 0.1) is 19.1 Å². The summed E-state index contributed by atoms with van der Waals surface area (Å²) in [6.07, 6.45) is -0.169. The molecule has 2 unspecified atom stereocenters. The molecule has 0 bridgehead atoms. The second kappa shape index (κ2) is 6.72. The summed E-state index contributed by atoms with van der Waals surface area (Å²) < 4.78 is 10.7. The maximum absolute atomic E-state index is 12.0. The Labute approximate surface area is 119 Å². The van der Waals surface area contributed by atoms with Crippen LogP contribution in [0.2, 0.25) is 0 Å². The van der Waals surface area contributed by atoms with Crippen LogP contribution in [0, 0.1) is 5.92 Å². The zero-order valence-electron chi connectivity index (χ0n) is 12.2. The fourth-order valence-electron chi connectivity index (χ4n) is 2.31. The van der Waals surface area contributed by atoms with E-state index >= 15 is 0 Å². The molecule has 1 aromatic rings. The van der Waals surface area contributed by atoms with E-state index in [0.29, 0.717) is 0 Å².